The smallest absolute Gasteiger partial charge is 0.193 e. The van der Waals surface area contributed by atoms with E-state index in [0.29, 0.717) is 5.41 Å². The minimum absolute atomic E-state index is 0. The molecule has 0 aliphatic carbocycles. The Morgan fingerprint density at radius 3 is 3.04 bits per heavy atom. The average molecular weight is 467 g/mol. The first-order chi connectivity index (χ1) is 12.3. The van der Waals surface area contributed by atoms with E-state index in [4.69, 9.17) is 4.74 Å². The zero-order valence-electron chi connectivity index (χ0n) is 15.1. The molecular weight excluding hydrogens is 441 g/mol. The topological polar surface area (TPSA) is 54.7 Å². The van der Waals surface area contributed by atoms with Gasteiger partial charge in [0.05, 0.1) is 12.9 Å². The summed E-state index contributed by atoms with van der Waals surface area (Å²) in [5, 5.41) is 3.52. The highest BCUT2D eigenvalue weighted by molar-refractivity contribution is 14.0. The van der Waals surface area contributed by atoms with E-state index in [1.54, 1.807) is 6.20 Å². The van der Waals surface area contributed by atoms with Crippen LogP contribution in [0, 0.1) is 5.41 Å². The number of nitrogens with zero attached hydrogens (tertiary/aromatic N) is 4. The number of likely N-dealkylation sites (tertiary alicyclic amines) is 1. The summed E-state index contributed by atoms with van der Waals surface area (Å²) in [5.74, 6) is 0.983. The SMILES string of the molecule is CN=C(NCc1cccc(-n2ccnc2)c1)N1CCC2(CCOC2)C1.I. The van der Waals surface area contributed by atoms with Gasteiger partial charge in [0.15, 0.2) is 5.96 Å². The number of halogens is 1. The van der Waals surface area contributed by atoms with E-state index in [-0.39, 0.29) is 24.0 Å². The molecule has 6 nitrogen and oxygen atoms in total. The first-order valence-corrected chi connectivity index (χ1v) is 8.89. The lowest BCUT2D eigenvalue weighted by atomic mass is 9.87. The molecule has 26 heavy (non-hydrogen) atoms. The number of aliphatic imine (C=N–C) groups is 1. The van der Waals surface area contributed by atoms with Gasteiger partial charge in [0.1, 0.15) is 0 Å². The maximum absolute atomic E-state index is 5.63. The Hall–Kier alpha value is -1.61. The second-order valence-electron chi connectivity index (χ2n) is 7.01. The van der Waals surface area contributed by atoms with Gasteiger partial charge in [0.2, 0.25) is 0 Å². The van der Waals surface area contributed by atoms with Gasteiger partial charge < -0.3 is 19.5 Å². The number of rotatable bonds is 3. The van der Waals surface area contributed by atoms with E-state index in [1.165, 1.54) is 18.4 Å². The van der Waals surface area contributed by atoms with E-state index in [1.807, 2.05) is 24.1 Å². The summed E-state index contributed by atoms with van der Waals surface area (Å²) in [4.78, 5) is 11.0. The fourth-order valence-electron chi connectivity index (χ4n) is 3.84. The van der Waals surface area contributed by atoms with Crippen LogP contribution in [0.25, 0.3) is 5.69 Å². The summed E-state index contributed by atoms with van der Waals surface area (Å²) in [5.41, 5.74) is 2.69. The highest BCUT2D eigenvalue weighted by atomic mass is 127. The molecule has 7 heteroatoms. The summed E-state index contributed by atoms with van der Waals surface area (Å²) >= 11 is 0. The monoisotopic (exact) mass is 467 g/mol. The quantitative estimate of drug-likeness (QED) is 0.429. The van der Waals surface area contributed by atoms with Crippen molar-refractivity contribution in [1.29, 1.82) is 0 Å². The van der Waals surface area contributed by atoms with Crippen LogP contribution >= 0.6 is 24.0 Å². The van der Waals surface area contributed by atoms with Gasteiger partial charge in [0, 0.05) is 56.8 Å². The molecule has 1 spiro atoms. The van der Waals surface area contributed by atoms with Crippen molar-refractivity contribution in [3.8, 4) is 5.69 Å². The molecule has 1 aromatic carbocycles. The summed E-state index contributed by atoms with van der Waals surface area (Å²) < 4.78 is 7.64. The summed E-state index contributed by atoms with van der Waals surface area (Å²) in [6, 6.07) is 8.48. The fraction of sp³-hybridized carbons (Fsp3) is 0.474. The van der Waals surface area contributed by atoms with E-state index in [9.17, 15) is 0 Å². The van der Waals surface area contributed by atoms with Gasteiger partial charge in [-0.1, -0.05) is 12.1 Å². The van der Waals surface area contributed by atoms with Crippen LogP contribution in [0.2, 0.25) is 0 Å². The second-order valence-corrected chi connectivity index (χ2v) is 7.01. The molecule has 2 saturated heterocycles. The van der Waals surface area contributed by atoms with Crippen molar-refractivity contribution in [2.75, 3.05) is 33.4 Å². The van der Waals surface area contributed by atoms with Crippen molar-refractivity contribution >= 4 is 29.9 Å². The van der Waals surface area contributed by atoms with Crippen LogP contribution < -0.4 is 5.32 Å². The van der Waals surface area contributed by atoms with E-state index < -0.39 is 0 Å². The Bertz CT molecular complexity index is 740. The summed E-state index contributed by atoms with van der Waals surface area (Å²) in [6.45, 7) is 4.66. The Morgan fingerprint density at radius 1 is 1.38 bits per heavy atom. The molecule has 2 aliphatic rings. The van der Waals surface area contributed by atoms with E-state index >= 15 is 0 Å². The molecule has 0 amide bonds. The Balaban J connectivity index is 0.00000196. The molecule has 0 radical (unpaired) electrons. The molecule has 0 bridgehead atoms. The van der Waals surface area contributed by atoms with Crippen molar-refractivity contribution in [1.82, 2.24) is 19.8 Å². The van der Waals surface area contributed by atoms with Gasteiger partial charge in [0.25, 0.3) is 0 Å². The highest BCUT2D eigenvalue weighted by Gasteiger charge is 2.42. The van der Waals surface area contributed by atoms with Gasteiger partial charge in [-0.15, -0.1) is 24.0 Å². The van der Waals surface area contributed by atoms with Crippen LogP contribution in [-0.4, -0.2) is 53.8 Å². The predicted octanol–water partition coefficient (Wildman–Crippen LogP) is 2.68. The van der Waals surface area contributed by atoms with Crippen molar-refractivity contribution < 1.29 is 4.74 Å². The number of ether oxygens (including phenoxy) is 1. The van der Waals surface area contributed by atoms with E-state index in [2.05, 4.69) is 44.5 Å². The lowest BCUT2D eigenvalue weighted by Gasteiger charge is -2.25. The lowest BCUT2D eigenvalue weighted by molar-refractivity contribution is 0.156. The van der Waals surface area contributed by atoms with Gasteiger partial charge >= 0.3 is 0 Å². The van der Waals surface area contributed by atoms with Crippen LogP contribution in [0.4, 0.5) is 0 Å². The number of aromatic nitrogens is 2. The number of nitrogens with one attached hydrogen (secondary N) is 1. The number of benzene rings is 1. The third-order valence-corrected chi connectivity index (χ3v) is 5.30. The molecule has 2 aliphatic heterocycles. The van der Waals surface area contributed by atoms with Crippen LogP contribution in [0.3, 0.4) is 0 Å². The maximum atomic E-state index is 5.63. The Kier molecular flexibility index (Phi) is 6.18. The standard InChI is InChI=1S/C19H25N5O.HI/c1-20-18(23-8-5-19(13-23)6-10-25-14-19)22-12-16-3-2-4-17(11-16)24-9-7-21-15-24;/h2-4,7,9,11,15H,5-6,8,10,12-14H2,1H3,(H,20,22);1H. The molecular formula is C19H26IN5O. The Labute approximate surface area is 171 Å². The lowest BCUT2D eigenvalue weighted by Crippen LogP contribution is -2.41. The summed E-state index contributed by atoms with van der Waals surface area (Å²) in [7, 11) is 1.86. The number of hydrogen-bond acceptors (Lipinski definition) is 3. The normalized spacial score (nSPS) is 22.7. The second kappa shape index (κ2) is 8.39. The maximum Gasteiger partial charge on any atom is 0.193 e. The first-order valence-electron chi connectivity index (χ1n) is 8.89. The minimum Gasteiger partial charge on any atom is -0.381 e. The number of guanidine groups is 1. The number of imidazole rings is 1. The van der Waals surface area contributed by atoms with E-state index in [0.717, 1.165) is 44.5 Å². The molecule has 4 rings (SSSR count). The predicted molar refractivity (Wildman–Crippen MR) is 113 cm³/mol. The number of hydrogen-bond donors (Lipinski definition) is 1. The van der Waals surface area contributed by atoms with Crippen LogP contribution in [0.15, 0.2) is 48.0 Å². The van der Waals surface area contributed by atoms with Crippen molar-refractivity contribution in [2.45, 2.75) is 19.4 Å². The van der Waals surface area contributed by atoms with Crippen molar-refractivity contribution in [3.63, 3.8) is 0 Å². The molecule has 3 heterocycles. The van der Waals surface area contributed by atoms with Gasteiger partial charge in [-0.3, -0.25) is 4.99 Å². The average Bonchev–Trinajstić information content (AvgIpc) is 3.40. The van der Waals surface area contributed by atoms with Gasteiger partial charge in [-0.25, -0.2) is 4.98 Å². The van der Waals surface area contributed by atoms with Crippen LogP contribution in [0.1, 0.15) is 18.4 Å². The molecule has 2 fully saturated rings. The van der Waals surface area contributed by atoms with Crippen molar-refractivity contribution in [2.24, 2.45) is 10.4 Å². The highest BCUT2D eigenvalue weighted by Crippen LogP contribution is 2.38. The Morgan fingerprint density at radius 2 is 2.31 bits per heavy atom. The van der Waals surface area contributed by atoms with Crippen LogP contribution in [-0.2, 0) is 11.3 Å². The largest absolute Gasteiger partial charge is 0.381 e. The third-order valence-electron chi connectivity index (χ3n) is 5.30. The van der Waals surface area contributed by atoms with Crippen LogP contribution in [0.5, 0.6) is 0 Å². The van der Waals surface area contributed by atoms with Gasteiger partial charge in [-0.05, 0) is 30.5 Å². The minimum atomic E-state index is 0. The zero-order chi connectivity index (χ0) is 17.1. The summed E-state index contributed by atoms with van der Waals surface area (Å²) in [6.07, 6.45) is 7.94. The fourth-order valence-corrected chi connectivity index (χ4v) is 3.84. The third kappa shape index (κ3) is 4.03. The van der Waals surface area contributed by atoms with Crippen molar-refractivity contribution in [3.05, 3.63) is 48.5 Å². The molecule has 1 N–H and O–H groups in total. The molecule has 1 unspecified atom stereocenters. The molecule has 2 aromatic rings. The molecule has 1 atom stereocenters. The molecule has 140 valence electrons. The molecule has 1 aromatic heterocycles. The zero-order valence-corrected chi connectivity index (χ0v) is 17.4. The first kappa shape index (κ1) is 19.2. The van der Waals surface area contributed by atoms with Gasteiger partial charge in [-0.2, -0.15) is 0 Å². The molecule has 0 saturated carbocycles.